The predicted octanol–water partition coefficient (Wildman–Crippen LogP) is 0.955. The maximum Gasteiger partial charge on any atom is 0.265 e. The molecule has 0 bridgehead atoms. The average molecular weight is 304 g/mol. The fourth-order valence-corrected chi connectivity index (χ4v) is 2.70. The fraction of sp³-hybridized carbons (Fsp3) is 0.500. The van der Waals surface area contributed by atoms with Crippen LogP contribution in [-0.2, 0) is 14.3 Å². The summed E-state index contributed by atoms with van der Waals surface area (Å²) in [7, 11) is 0. The van der Waals surface area contributed by atoms with Gasteiger partial charge in [-0.05, 0) is 18.6 Å². The van der Waals surface area contributed by atoms with Gasteiger partial charge in [0.15, 0.2) is 6.61 Å². The van der Waals surface area contributed by atoms with Crippen LogP contribution in [0.4, 0.5) is 5.69 Å². The number of hydrogen-bond donors (Lipinski definition) is 1. The zero-order chi connectivity index (χ0) is 15.4. The van der Waals surface area contributed by atoms with E-state index in [4.69, 9.17) is 9.47 Å². The minimum atomic E-state index is -0.115. The van der Waals surface area contributed by atoms with E-state index in [1.807, 2.05) is 24.3 Å². The standard InChI is InChI=1S/C16H20N2O4/c19-15(17-9-12-6-8-21-10-12)5-7-18-13-3-1-2-4-14(13)22-11-16(18)20/h1-4,12H,5-11H2,(H,17,19)/t12-/m0/s1. The van der Waals surface area contributed by atoms with Crippen LogP contribution in [0.15, 0.2) is 24.3 Å². The molecule has 1 aromatic rings. The van der Waals surface area contributed by atoms with Crippen LogP contribution in [0.25, 0.3) is 0 Å². The molecule has 0 aromatic heterocycles. The van der Waals surface area contributed by atoms with Crippen LogP contribution in [0.2, 0.25) is 0 Å². The summed E-state index contributed by atoms with van der Waals surface area (Å²) in [6.07, 6.45) is 1.28. The summed E-state index contributed by atoms with van der Waals surface area (Å²) in [6.45, 7) is 2.53. The molecule has 1 fully saturated rings. The molecule has 0 radical (unpaired) electrons. The molecule has 0 saturated carbocycles. The van der Waals surface area contributed by atoms with Gasteiger partial charge < -0.3 is 19.7 Å². The maximum absolute atomic E-state index is 12.0. The topological polar surface area (TPSA) is 67.9 Å². The number of ether oxygens (including phenoxy) is 2. The van der Waals surface area contributed by atoms with E-state index < -0.39 is 0 Å². The van der Waals surface area contributed by atoms with Crippen molar-refractivity contribution in [3.63, 3.8) is 0 Å². The Kier molecular flexibility index (Phi) is 4.58. The van der Waals surface area contributed by atoms with Crippen LogP contribution in [0.1, 0.15) is 12.8 Å². The van der Waals surface area contributed by atoms with Gasteiger partial charge in [-0.1, -0.05) is 12.1 Å². The van der Waals surface area contributed by atoms with E-state index in [-0.39, 0.29) is 24.8 Å². The Morgan fingerprint density at radius 3 is 3.05 bits per heavy atom. The van der Waals surface area contributed by atoms with Gasteiger partial charge in [-0.2, -0.15) is 0 Å². The van der Waals surface area contributed by atoms with Crippen LogP contribution in [0, 0.1) is 5.92 Å². The first-order chi connectivity index (χ1) is 10.7. The van der Waals surface area contributed by atoms with E-state index in [0.717, 1.165) is 25.3 Å². The summed E-state index contributed by atoms with van der Waals surface area (Å²) in [5.74, 6) is 0.944. The van der Waals surface area contributed by atoms with E-state index in [0.29, 0.717) is 24.8 Å². The molecule has 1 saturated heterocycles. The Balaban J connectivity index is 1.52. The first-order valence-electron chi connectivity index (χ1n) is 7.60. The SMILES string of the molecule is O=C(CCN1C(=O)COc2ccccc21)NC[C@@H]1CCOC1. The Morgan fingerprint density at radius 1 is 1.36 bits per heavy atom. The monoisotopic (exact) mass is 304 g/mol. The minimum absolute atomic E-state index is 0.0258. The number of nitrogens with one attached hydrogen (secondary N) is 1. The molecule has 2 heterocycles. The van der Waals surface area contributed by atoms with Crippen LogP contribution in [0.3, 0.4) is 0 Å². The van der Waals surface area contributed by atoms with Crippen molar-refractivity contribution in [1.82, 2.24) is 5.32 Å². The van der Waals surface area contributed by atoms with Crippen molar-refractivity contribution in [2.24, 2.45) is 5.92 Å². The third-order valence-electron chi connectivity index (χ3n) is 3.98. The first-order valence-corrected chi connectivity index (χ1v) is 7.60. The van der Waals surface area contributed by atoms with Gasteiger partial charge in [-0.3, -0.25) is 9.59 Å². The Morgan fingerprint density at radius 2 is 2.23 bits per heavy atom. The summed E-state index contributed by atoms with van der Waals surface area (Å²) in [4.78, 5) is 25.6. The quantitative estimate of drug-likeness (QED) is 0.879. The normalized spacial score (nSPS) is 20.5. The molecule has 118 valence electrons. The van der Waals surface area contributed by atoms with E-state index in [9.17, 15) is 9.59 Å². The molecular formula is C16H20N2O4. The highest BCUT2D eigenvalue weighted by molar-refractivity contribution is 5.98. The Labute approximate surface area is 129 Å². The van der Waals surface area contributed by atoms with Crippen LogP contribution in [0.5, 0.6) is 5.75 Å². The van der Waals surface area contributed by atoms with Gasteiger partial charge in [-0.15, -0.1) is 0 Å². The summed E-state index contributed by atoms with van der Waals surface area (Å²) in [6, 6.07) is 7.38. The van der Waals surface area contributed by atoms with Gasteiger partial charge in [0.05, 0.1) is 12.3 Å². The number of nitrogens with zero attached hydrogens (tertiary/aromatic N) is 1. The number of rotatable bonds is 5. The number of carbonyl (C=O) groups excluding carboxylic acids is 2. The third kappa shape index (κ3) is 3.39. The number of hydrogen-bond acceptors (Lipinski definition) is 4. The van der Waals surface area contributed by atoms with Crippen LogP contribution < -0.4 is 15.0 Å². The predicted molar refractivity (Wildman–Crippen MR) is 80.8 cm³/mol. The van der Waals surface area contributed by atoms with Crippen molar-refractivity contribution in [1.29, 1.82) is 0 Å². The molecule has 2 amide bonds. The second kappa shape index (κ2) is 6.79. The summed E-state index contributed by atoms with van der Waals surface area (Å²) in [5.41, 5.74) is 0.732. The molecular weight excluding hydrogens is 284 g/mol. The van der Waals surface area contributed by atoms with E-state index in [1.165, 1.54) is 0 Å². The number of para-hydroxylation sites is 2. The lowest BCUT2D eigenvalue weighted by atomic mass is 10.1. The van der Waals surface area contributed by atoms with Crippen molar-refractivity contribution in [2.45, 2.75) is 12.8 Å². The summed E-state index contributed by atoms with van der Waals surface area (Å²) in [5, 5.41) is 2.91. The number of amides is 2. The molecule has 6 heteroatoms. The van der Waals surface area contributed by atoms with Crippen molar-refractivity contribution in [2.75, 3.05) is 37.8 Å². The molecule has 1 atom stereocenters. The van der Waals surface area contributed by atoms with Crippen molar-refractivity contribution in [3.8, 4) is 5.75 Å². The molecule has 6 nitrogen and oxygen atoms in total. The van der Waals surface area contributed by atoms with Gasteiger partial charge >= 0.3 is 0 Å². The van der Waals surface area contributed by atoms with Gasteiger partial charge in [0.2, 0.25) is 5.91 Å². The molecule has 1 aromatic carbocycles. The average Bonchev–Trinajstić information content (AvgIpc) is 3.05. The summed E-state index contributed by atoms with van der Waals surface area (Å²) < 4.78 is 10.7. The first kappa shape index (κ1) is 14.8. The van der Waals surface area contributed by atoms with E-state index in [2.05, 4.69) is 5.32 Å². The van der Waals surface area contributed by atoms with Gasteiger partial charge in [0.1, 0.15) is 5.75 Å². The van der Waals surface area contributed by atoms with Gasteiger partial charge in [0.25, 0.3) is 5.91 Å². The second-order valence-electron chi connectivity index (χ2n) is 5.59. The molecule has 22 heavy (non-hydrogen) atoms. The summed E-state index contributed by atoms with van der Waals surface area (Å²) >= 11 is 0. The molecule has 1 N–H and O–H groups in total. The number of benzene rings is 1. The molecule has 3 rings (SSSR count). The third-order valence-corrected chi connectivity index (χ3v) is 3.98. The number of anilines is 1. The van der Waals surface area contributed by atoms with Crippen molar-refractivity contribution in [3.05, 3.63) is 24.3 Å². The highest BCUT2D eigenvalue weighted by Gasteiger charge is 2.25. The zero-order valence-electron chi connectivity index (χ0n) is 12.4. The van der Waals surface area contributed by atoms with Crippen molar-refractivity contribution >= 4 is 17.5 Å². The smallest absolute Gasteiger partial charge is 0.265 e. The Hall–Kier alpha value is -2.08. The zero-order valence-corrected chi connectivity index (χ0v) is 12.4. The highest BCUT2D eigenvalue weighted by atomic mass is 16.5. The minimum Gasteiger partial charge on any atom is -0.482 e. The molecule has 2 aliphatic heterocycles. The molecule has 0 unspecified atom stereocenters. The van der Waals surface area contributed by atoms with E-state index >= 15 is 0 Å². The van der Waals surface area contributed by atoms with Gasteiger partial charge in [-0.25, -0.2) is 0 Å². The lowest BCUT2D eigenvalue weighted by Gasteiger charge is -2.29. The second-order valence-corrected chi connectivity index (χ2v) is 5.59. The molecule has 0 aliphatic carbocycles. The fourth-order valence-electron chi connectivity index (χ4n) is 2.70. The largest absolute Gasteiger partial charge is 0.482 e. The van der Waals surface area contributed by atoms with Crippen LogP contribution >= 0.6 is 0 Å². The maximum atomic E-state index is 12.0. The Bertz CT molecular complexity index is 555. The van der Waals surface area contributed by atoms with Crippen molar-refractivity contribution < 1.29 is 19.1 Å². The molecule has 2 aliphatic rings. The lowest BCUT2D eigenvalue weighted by Crippen LogP contribution is -2.41. The number of fused-ring (bicyclic) bond motifs is 1. The van der Waals surface area contributed by atoms with E-state index in [1.54, 1.807) is 4.90 Å². The lowest BCUT2D eigenvalue weighted by molar-refractivity contribution is -0.122. The molecule has 0 spiro atoms. The van der Waals surface area contributed by atoms with Gasteiger partial charge in [0, 0.05) is 32.0 Å². The number of carbonyl (C=O) groups is 2. The highest BCUT2D eigenvalue weighted by Crippen LogP contribution is 2.31. The van der Waals surface area contributed by atoms with Crippen LogP contribution in [-0.4, -0.2) is 44.7 Å².